The van der Waals surface area contributed by atoms with E-state index < -0.39 is 12.1 Å². The predicted octanol–water partition coefficient (Wildman–Crippen LogP) is 4.71. The third-order valence-electron chi connectivity index (χ3n) is 5.67. The molecule has 0 bridgehead atoms. The minimum atomic E-state index is -0.949. The van der Waals surface area contributed by atoms with E-state index in [4.69, 9.17) is 13.9 Å². The van der Waals surface area contributed by atoms with Crippen molar-refractivity contribution in [1.82, 2.24) is 5.32 Å². The van der Waals surface area contributed by atoms with Gasteiger partial charge in [0.25, 0.3) is 5.91 Å². The molecule has 162 valence electrons. The number of esters is 1. The third-order valence-corrected chi connectivity index (χ3v) is 5.67. The molecule has 0 fully saturated rings. The number of furan rings is 1. The lowest BCUT2D eigenvalue weighted by Gasteiger charge is -2.27. The van der Waals surface area contributed by atoms with Crippen LogP contribution in [0.4, 0.5) is 0 Å². The molecule has 1 amide bonds. The molecule has 0 saturated heterocycles. The number of nitrogens with one attached hydrogen (secondary N) is 1. The molecule has 1 aliphatic carbocycles. The number of rotatable bonds is 7. The Labute approximate surface area is 181 Å². The molecule has 3 aromatic rings. The zero-order chi connectivity index (χ0) is 21.8. The van der Waals surface area contributed by atoms with Crippen molar-refractivity contribution in [2.45, 2.75) is 51.9 Å². The average molecular weight is 421 g/mol. The molecular formula is C25H27NO5. The molecule has 0 saturated carbocycles. The second-order valence-corrected chi connectivity index (χ2v) is 7.74. The minimum Gasteiger partial charge on any atom is -0.449 e. The first-order chi connectivity index (χ1) is 15.1. The molecule has 6 nitrogen and oxygen atoms in total. The number of ether oxygens (including phenoxy) is 2. The lowest BCUT2D eigenvalue weighted by molar-refractivity contribution is -0.130. The highest BCUT2D eigenvalue weighted by atomic mass is 16.6. The van der Waals surface area contributed by atoms with Crippen LogP contribution in [0.1, 0.15) is 60.0 Å². The maximum Gasteiger partial charge on any atom is 0.375 e. The number of carbonyl (C=O) groups excluding carboxylic acids is 2. The number of para-hydroxylation sites is 1. The summed E-state index contributed by atoms with van der Waals surface area (Å²) in [6, 6.07) is 15.4. The fourth-order valence-electron chi connectivity index (χ4n) is 4.07. The standard InChI is InChI=1S/C25H27NO5/c1-3-29-15-20-19-12-6-7-14-22(19)31-23(20)25(28)30-16(2)24(27)26-21-13-8-10-17-9-4-5-11-18(17)21/h4-7,9,11-12,14,16,21H,3,8,10,13,15H2,1-2H3,(H,26,27)/t16-,21-/m0/s1. The first-order valence-electron chi connectivity index (χ1n) is 10.8. The van der Waals surface area contributed by atoms with Gasteiger partial charge in [-0.25, -0.2) is 4.79 Å². The SMILES string of the molecule is CCOCc1c(C(=O)O[C@@H](C)C(=O)N[C@H]2CCCc3ccccc32)oc2ccccc12. The van der Waals surface area contributed by atoms with Gasteiger partial charge in [-0.3, -0.25) is 4.79 Å². The maximum absolute atomic E-state index is 12.9. The number of benzene rings is 2. The Morgan fingerprint density at radius 1 is 1.16 bits per heavy atom. The van der Waals surface area contributed by atoms with E-state index in [0.717, 1.165) is 30.2 Å². The molecule has 0 unspecified atom stereocenters. The summed E-state index contributed by atoms with van der Waals surface area (Å²) in [4.78, 5) is 25.6. The summed E-state index contributed by atoms with van der Waals surface area (Å²) in [5, 5.41) is 3.84. The number of aryl methyl sites for hydroxylation is 1. The molecule has 0 radical (unpaired) electrons. The Morgan fingerprint density at radius 2 is 1.94 bits per heavy atom. The molecule has 1 N–H and O–H groups in total. The van der Waals surface area contributed by atoms with Crippen LogP contribution in [0.25, 0.3) is 11.0 Å². The smallest absolute Gasteiger partial charge is 0.375 e. The van der Waals surface area contributed by atoms with E-state index in [9.17, 15) is 9.59 Å². The zero-order valence-electron chi connectivity index (χ0n) is 17.9. The van der Waals surface area contributed by atoms with Gasteiger partial charge in [-0.1, -0.05) is 42.5 Å². The summed E-state index contributed by atoms with van der Waals surface area (Å²) >= 11 is 0. The molecule has 2 aromatic carbocycles. The van der Waals surface area contributed by atoms with E-state index in [-0.39, 0.29) is 24.3 Å². The molecule has 4 rings (SSSR count). The first kappa shape index (κ1) is 21.1. The van der Waals surface area contributed by atoms with Crippen LogP contribution in [0.2, 0.25) is 0 Å². The Morgan fingerprint density at radius 3 is 2.77 bits per heavy atom. The molecule has 6 heteroatoms. The van der Waals surface area contributed by atoms with Gasteiger partial charge in [0.2, 0.25) is 5.76 Å². The van der Waals surface area contributed by atoms with E-state index in [1.165, 1.54) is 5.56 Å². The number of fused-ring (bicyclic) bond motifs is 2. The summed E-state index contributed by atoms with van der Waals surface area (Å²) in [5.41, 5.74) is 3.61. The van der Waals surface area contributed by atoms with Crippen LogP contribution in [0.3, 0.4) is 0 Å². The van der Waals surface area contributed by atoms with E-state index >= 15 is 0 Å². The Bertz CT molecular complexity index is 1090. The fraction of sp³-hybridized carbons (Fsp3) is 0.360. The van der Waals surface area contributed by atoms with Crippen molar-refractivity contribution in [3.63, 3.8) is 0 Å². The molecule has 1 aromatic heterocycles. The Kier molecular flexibility index (Phi) is 6.37. The first-order valence-corrected chi connectivity index (χ1v) is 10.8. The maximum atomic E-state index is 12.9. The van der Waals surface area contributed by atoms with E-state index in [0.29, 0.717) is 17.8 Å². The Hall–Kier alpha value is -3.12. The van der Waals surface area contributed by atoms with Gasteiger partial charge in [0.1, 0.15) is 5.58 Å². The lowest BCUT2D eigenvalue weighted by Crippen LogP contribution is -2.39. The molecule has 0 aliphatic heterocycles. The van der Waals surface area contributed by atoms with E-state index in [1.54, 1.807) is 13.0 Å². The highest BCUT2D eigenvalue weighted by Crippen LogP contribution is 2.30. The highest BCUT2D eigenvalue weighted by molar-refractivity contribution is 5.97. The second kappa shape index (κ2) is 9.35. The average Bonchev–Trinajstić information content (AvgIpc) is 3.16. The van der Waals surface area contributed by atoms with Crippen LogP contribution in [0, 0.1) is 0 Å². The van der Waals surface area contributed by atoms with Crippen LogP contribution in [0.15, 0.2) is 52.9 Å². The predicted molar refractivity (Wildman–Crippen MR) is 117 cm³/mol. The topological polar surface area (TPSA) is 77.8 Å². The van der Waals surface area contributed by atoms with Gasteiger partial charge in [-0.2, -0.15) is 0 Å². The lowest BCUT2D eigenvalue weighted by atomic mass is 9.87. The van der Waals surface area contributed by atoms with Crippen LogP contribution in [-0.4, -0.2) is 24.6 Å². The van der Waals surface area contributed by atoms with Gasteiger partial charge in [-0.15, -0.1) is 0 Å². The minimum absolute atomic E-state index is 0.0710. The summed E-state index contributed by atoms with van der Waals surface area (Å²) in [6.45, 7) is 4.20. The summed E-state index contributed by atoms with van der Waals surface area (Å²) in [5.74, 6) is -0.910. The van der Waals surface area contributed by atoms with Crippen molar-refractivity contribution in [2.24, 2.45) is 0 Å². The monoisotopic (exact) mass is 421 g/mol. The summed E-state index contributed by atoms with van der Waals surface area (Å²) in [6.07, 6.45) is 1.94. The molecular weight excluding hydrogens is 394 g/mol. The van der Waals surface area contributed by atoms with E-state index in [2.05, 4.69) is 11.4 Å². The third kappa shape index (κ3) is 4.49. The van der Waals surface area contributed by atoms with Crippen molar-refractivity contribution in [3.8, 4) is 0 Å². The van der Waals surface area contributed by atoms with Gasteiger partial charge < -0.3 is 19.2 Å². The molecule has 2 atom stereocenters. The highest BCUT2D eigenvalue weighted by Gasteiger charge is 2.28. The van der Waals surface area contributed by atoms with Crippen LogP contribution < -0.4 is 5.32 Å². The van der Waals surface area contributed by atoms with Crippen LogP contribution in [-0.2, 0) is 27.3 Å². The van der Waals surface area contributed by atoms with Crippen molar-refractivity contribution < 1.29 is 23.5 Å². The molecule has 1 aliphatic rings. The molecule has 31 heavy (non-hydrogen) atoms. The zero-order valence-corrected chi connectivity index (χ0v) is 17.9. The van der Waals surface area contributed by atoms with Crippen molar-refractivity contribution in [2.75, 3.05) is 6.61 Å². The number of hydrogen-bond donors (Lipinski definition) is 1. The molecule has 0 spiro atoms. The summed E-state index contributed by atoms with van der Waals surface area (Å²) < 4.78 is 16.7. The van der Waals surface area contributed by atoms with Crippen molar-refractivity contribution >= 4 is 22.8 Å². The van der Waals surface area contributed by atoms with Crippen LogP contribution >= 0.6 is 0 Å². The fourth-order valence-corrected chi connectivity index (χ4v) is 4.07. The number of amides is 1. The second-order valence-electron chi connectivity index (χ2n) is 7.74. The number of hydrogen-bond acceptors (Lipinski definition) is 5. The number of carbonyl (C=O) groups is 2. The largest absolute Gasteiger partial charge is 0.449 e. The molecule has 1 heterocycles. The normalized spacial score (nSPS) is 16.5. The van der Waals surface area contributed by atoms with Crippen molar-refractivity contribution in [3.05, 3.63) is 71.0 Å². The van der Waals surface area contributed by atoms with Crippen molar-refractivity contribution in [1.29, 1.82) is 0 Å². The Balaban J connectivity index is 1.47. The van der Waals surface area contributed by atoms with Crippen LogP contribution in [0.5, 0.6) is 0 Å². The van der Waals surface area contributed by atoms with Gasteiger partial charge >= 0.3 is 5.97 Å². The quantitative estimate of drug-likeness (QED) is 0.559. The summed E-state index contributed by atoms with van der Waals surface area (Å²) in [7, 11) is 0. The van der Waals surface area contributed by atoms with Gasteiger partial charge in [0, 0.05) is 17.6 Å². The van der Waals surface area contributed by atoms with E-state index in [1.807, 2.05) is 43.3 Å². The van der Waals surface area contributed by atoms with Gasteiger partial charge in [0.05, 0.1) is 12.6 Å². The van der Waals surface area contributed by atoms with Gasteiger partial charge in [0.15, 0.2) is 6.10 Å². The van der Waals surface area contributed by atoms with Gasteiger partial charge in [-0.05, 0) is 50.3 Å².